The molecule has 5 nitrogen and oxygen atoms in total. The number of hydrogen-bond donors (Lipinski definition) is 3. The predicted molar refractivity (Wildman–Crippen MR) is 115 cm³/mol. The number of ether oxygens (including phenoxy) is 1. The van der Waals surface area contributed by atoms with Crippen molar-refractivity contribution in [2.75, 3.05) is 7.11 Å². The van der Waals surface area contributed by atoms with Gasteiger partial charge >= 0.3 is 5.97 Å². The maximum absolute atomic E-state index is 11.4. The third-order valence-electron chi connectivity index (χ3n) is 10.6. The fourth-order valence-corrected chi connectivity index (χ4v) is 9.01. The summed E-state index contributed by atoms with van der Waals surface area (Å²) in [5.74, 6) is 1.64. The molecular formula is C25H42O5. The number of carboxylic acid groups (broad SMARTS) is 1. The number of aliphatic carboxylic acids is 1. The summed E-state index contributed by atoms with van der Waals surface area (Å²) < 4.78 is 6.20. The second-order valence-electron chi connectivity index (χ2n) is 11.6. The van der Waals surface area contributed by atoms with Crippen LogP contribution < -0.4 is 0 Å². The van der Waals surface area contributed by atoms with E-state index in [4.69, 9.17) is 4.74 Å². The van der Waals surface area contributed by atoms with Crippen LogP contribution in [-0.2, 0) is 9.53 Å². The maximum atomic E-state index is 11.4. The first-order valence-corrected chi connectivity index (χ1v) is 12.2. The number of aliphatic hydroxyl groups is 2. The summed E-state index contributed by atoms with van der Waals surface area (Å²) in [6, 6.07) is 0. The van der Waals surface area contributed by atoms with Crippen LogP contribution in [0.4, 0.5) is 0 Å². The van der Waals surface area contributed by atoms with E-state index >= 15 is 0 Å². The fourth-order valence-electron chi connectivity index (χ4n) is 9.01. The standard InChI is InChI=1S/C25H42O5/c1-14(5-8-22(28)29)17-6-7-18-23-19(13-21(30-4)25(17,18)3)24(2)10-9-16(26)11-15(24)12-20(23)27/h14-21,23,26-27H,5-13H2,1-4H3,(H,28,29)/t14-,15+,16-,17-,18+,19+,20-,21+,23+,24+,25-/m1/s1. The molecule has 5 heteroatoms. The molecule has 4 rings (SSSR count). The molecule has 30 heavy (non-hydrogen) atoms. The van der Waals surface area contributed by atoms with E-state index in [9.17, 15) is 20.1 Å². The lowest BCUT2D eigenvalue weighted by Crippen LogP contribution is -2.62. The monoisotopic (exact) mass is 422 g/mol. The van der Waals surface area contributed by atoms with Crippen LogP contribution in [0.5, 0.6) is 0 Å². The van der Waals surface area contributed by atoms with Crippen molar-refractivity contribution in [1.82, 2.24) is 0 Å². The van der Waals surface area contributed by atoms with Crippen LogP contribution in [0.3, 0.4) is 0 Å². The zero-order chi connectivity index (χ0) is 21.8. The third kappa shape index (κ3) is 3.34. The fraction of sp³-hybridized carbons (Fsp3) is 0.960. The largest absolute Gasteiger partial charge is 0.481 e. The molecule has 4 fully saturated rings. The molecule has 4 aliphatic rings. The van der Waals surface area contributed by atoms with Gasteiger partial charge in [-0.3, -0.25) is 4.79 Å². The molecule has 0 radical (unpaired) electrons. The van der Waals surface area contributed by atoms with Crippen LogP contribution in [0.1, 0.15) is 78.6 Å². The summed E-state index contributed by atoms with van der Waals surface area (Å²) in [5.41, 5.74) is 0.167. The summed E-state index contributed by atoms with van der Waals surface area (Å²) in [5, 5.41) is 30.8. The Morgan fingerprint density at radius 2 is 1.83 bits per heavy atom. The summed E-state index contributed by atoms with van der Waals surface area (Å²) in [6.45, 7) is 7.02. The van der Waals surface area contributed by atoms with Gasteiger partial charge in [0.05, 0.1) is 18.3 Å². The first kappa shape index (κ1) is 22.5. The number of fused-ring (bicyclic) bond motifs is 5. The Balaban J connectivity index is 1.64. The van der Waals surface area contributed by atoms with Crippen molar-refractivity contribution in [3.8, 4) is 0 Å². The Kier molecular flexibility index (Phi) is 6.04. The Morgan fingerprint density at radius 1 is 1.10 bits per heavy atom. The van der Waals surface area contributed by atoms with Crippen molar-refractivity contribution >= 4 is 5.97 Å². The number of carboxylic acids is 1. The van der Waals surface area contributed by atoms with Crippen LogP contribution in [0, 0.1) is 46.3 Å². The van der Waals surface area contributed by atoms with E-state index in [0.717, 1.165) is 44.9 Å². The SMILES string of the molecule is CO[C@H]1C[C@H]2[C@@H]([C@H](O)C[C@@H]3C[C@H](O)CC[C@@]32C)[C@@H]2CC[C@H]([C@H](C)CCC(=O)O)[C@@]12C. The van der Waals surface area contributed by atoms with Gasteiger partial charge in [-0.15, -0.1) is 0 Å². The molecule has 0 aromatic heterocycles. The molecule has 0 bridgehead atoms. The van der Waals surface area contributed by atoms with E-state index in [1.165, 1.54) is 0 Å². The van der Waals surface area contributed by atoms with Gasteiger partial charge in [0.1, 0.15) is 0 Å². The van der Waals surface area contributed by atoms with Crippen LogP contribution in [-0.4, -0.2) is 46.7 Å². The second-order valence-corrected chi connectivity index (χ2v) is 11.6. The van der Waals surface area contributed by atoms with Gasteiger partial charge in [-0.25, -0.2) is 0 Å². The molecule has 3 N–H and O–H groups in total. The van der Waals surface area contributed by atoms with Gasteiger partial charge in [0.15, 0.2) is 0 Å². The highest BCUT2D eigenvalue weighted by atomic mass is 16.5. The van der Waals surface area contributed by atoms with Gasteiger partial charge in [0, 0.05) is 18.9 Å². The van der Waals surface area contributed by atoms with Gasteiger partial charge in [0.25, 0.3) is 0 Å². The summed E-state index contributed by atoms with van der Waals surface area (Å²) in [4.78, 5) is 11.1. The second kappa shape index (κ2) is 8.04. The normalized spacial score (nSPS) is 51.5. The highest BCUT2D eigenvalue weighted by Crippen LogP contribution is 2.68. The van der Waals surface area contributed by atoms with Gasteiger partial charge < -0.3 is 20.1 Å². The lowest BCUT2D eigenvalue weighted by atomic mass is 9.43. The van der Waals surface area contributed by atoms with Crippen LogP contribution in [0.15, 0.2) is 0 Å². The average molecular weight is 423 g/mol. The van der Waals surface area contributed by atoms with Crippen molar-refractivity contribution in [3.63, 3.8) is 0 Å². The van der Waals surface area contributed by atoms with E-state index in [2.05, 4.69) is 20.8 Å². The topological polar surface area (TPSA) is 87.0 Å². The number of hydrogen-bond acceptors (Lipinski definition) is 4. The lowest BCUT2D eigenvalue weighted by molar-refractivity contribution is -0.212. The smallest absolute Gasteiger partial charge is 0.303 e. The highest BCUT2D eigenvalue weighted by Gasteiger charge is 2.66. The van der Waals surface area contributed by atoms with Crippen molar-refractivity contribution in [1.29, 1.82) is 0 Å². The molecule has 4 aliphatic carbocycles. The highest BCUT2D eigenvalue weighted by molar-refractivity contribution is 5.66. The molecule has 0 aromatic rings. The van der Waals surface area contributed by atoms with Crippen molar-refractivity contribution in [2.24, 2.45) is 46.3 Å². The van der Waals surface area contributed by atoms with Crippen LogP contribution in [0.2, 0.25) is 0 Å². The Morgan fingerprint density at radius 3 is 2.50 bits per heavy atom. The summed E-state index contributed by atoms with van der Waals surface area (Å²) in [7, 11) is 1.84. The van der Waals surface area contributed by atoms with Gasteiger partial charge in [0.2, 0.25) is 0 Å². The van der Waals surface area contributed by atoms with Gasteiger partial charge in [-0.1, -0.05) is 20.8 Å². The molecule has 0 aromatic carbocycles. The molecule has 4 saturated carbocycles. The summed E-state index contributed by atoms with van der Waals surface area (Å²) >= 11 is 0. The van der Waals surface area contributed by atoms with E-state index in [0.29, 0.717) is 41.9 Å². The molecule has 0 amide bonds. The van der Waals surface area contributed by atoms with Crippen molar-refractivity contribution in [2.45, 2.75) is 96.9 Å². The van der Waals surface area contributed by atoms with Crippen molar-refractivity contribution in [3.05, 3.63) is 0 Å². The zero-order valence-electron chi connectivity index (χ0n) is 19.2. The molecule has 0 spiro atoms. The molecule has 0 saturated heterocycles. The number of aliphatic hydroxyl groups excluding tert-OH is 2. The first-order chi connectivity index (χ1) is 14.1. The minimum Gasteiger partial charge on any atom is -0.481 e. The number of carbonyl (C=O) groups is 1. The van der Waals surface area contributed by atoms with E-state index in [1.54, 1.807) is 0 Å². The molecule has 0 aliphatic heterocycles. The molecule has 11 atom stereocenters. The van der Waals surface area contributed by atoms with E-state index in [1.807, 2.05) is 7.11 Å². The predicted octanol–water partition coefficient (Wildman–Crippen LogP) is 4.10. The van der Waals surface area contributed by atoms with Crippen LogP contribution in [0.25, 0.3) is 0 Å². The van der Waals surface area contributed by atoms with Gasteiger partial charge in [-0.05, 0) is 92.3 Å². The molecule has 172 valence electrons. The Labute approximate surface area is 181 Å². The molecule has 0 unspecified atom stereocenters. The van der Waals surface area contributed by atoms with Gasteiger partial charge in [-0.2, -0.15) is 0 Å². The Bertz CT molecular complexity index is 651. The van der Waals surface area contributed by atoms with E-state index in [-0.39, 0.29) is 35.6 Å². The van der Waals surface area contributed by atoms with Crippen LogP contribution >= 0.6 is 0 Å². The minimum absolute atomic E-state index is 0.00774. The minimum atomic E-state index is -0.713. The Hall–Kier alpha value is -0.650. The summed E-state index contributed by atoms with van der Waals surface area (Å²) in [6.07, 6.45) is 7.35. The zero-order valence-corrected chi connectivity index (χ0v) is 19.2. The molecule has 0 heterocycles. The molecular weight excluding hydrogens is 380 g/mol. The van der Waals surface area contributed by atoms with Crippen molar-refractivity contribution < 1.29 is 24.9 Å². The van der Waals surface area contributed by atoms with E-state index < -0.39 is 5.97 Å². The average Bonchev–Trinajstić information content (AvgIpc) is 3.04. The third-order valence-corrected chi connectivity index (χ3v) is 10.6. The number of rotatable bonds is 5. The first-order valence-electron chi connectivity index (χ1n) is 12.2. The maximum Gasteiger partial charge on any atom is 0.303 e. The quantitative estimate of drug-likeness (QED) is 0.621. The number of methoxy groups -OCH3 is 1. The lowest BCUT2D eigenvalue weighted by Gasteiger charge is -2.64.